The first-order valence-corrected chi connectivity index (χ1v) is 8.20. The molecule has 128 valence electrons. The smallest absolute Gasteiger partial charge is 0.336 e. The Morgan fingerprint density at radius 1 is 1.08 bits per heavy atom. The van der Waals surface area contributed by atoms with Gasteiger partial charge in [-0.3, -0.25) is 4.79 Å². The van der Waals surface area contributed by atoms with Gasteiger partial charge in [0, 0.05) is 23.1 Å². The van der Waals surface area contributed by atoms with E-state index in [1.165, 1.54) is 6.07 Å². The maximum atomic E-state index is 12.4. The fourth-order valence-corrected chi connectivity index (χ4v) is 2.91. The molecule has 0 radical (unpaired) electrons. The fraction of sp³-hybridized carbons (Fsp3) is 0.200. The average Bonchev–Trinajstić information content (AvgIpc) is 2.55. The van der Waals surface area contributed by atoms with E-state index in [4.69, 9.17) is 20.8 Å². The summed E-state index contributed by atoms with van der Waals surface area (Å²) in [5.41, 5.74) is 3.24. The molecule has 4 nitrogen and oxygen atoms in total. The molecule has 0 saturated carbocycles. The molecule has 0 saturated heterocycles. The van der Waals surface area contributed by atoms with Crippen LogP contribution in [0.5, 0.6) is 5.75 Å². The molecule has 0 N–H and O–H groups in total. The molecule has 2 aromatic carbocycles. The van der Waals surface area contributed by atoms with Gasteiger partial charge in [0.25, 0.3) is 0 Å². The van der Waals surface area contributed by atoms with Crippen LogP contribution in [0, 0.1) is 20.8 Å². The van der Waals surface area contributed by atoms with E-state index in [1.807, 2.05) is 32.0 Å². The van der Waals surface area contributed by atoms with Crippen LogP contribution in [-0.2, 0) is 0 Å². The molecule has 0 bridgehead atoms. The van der Waals surface area contributed by atoms with Crippen LogP contribution in [0.15, 0.2) is 45.6 Å². The van der Waals surface area contributed by atoms with E-state index in [0.29, 0.717) is 21.9 Å². The monoisotopic (exact) mass is 356 g/mol. The highest BCUT2D eigenvalue weighted by Gasteiger charge is 2.13. The number of fused-ring (bicyclic) bond motifs is 1. The first-order chi connectivity index (χ1) is 11.8. The van der Waals surface area contributed by atoms with Crippen molar-refractivity contribution in [2.24, 2.45) is 0 Å². The highest BCUT2D eigenvalue weighted by molar-refractivity contribution is 6.32. The molecular weight excluding hydrogens is 340 g/mol. The van der Waals surface area contributed by atoms with Gasteiger partial charge in [-0.15, -0.1) is 0 Å². The number of aryl methyl sites for hydroxylation is 3. The second kappa shape index (κ2) is 6.73. The quantitative estimate of drug-likeness (QED) is 0.505. The second-order valence-corrected chi connectivity index (χ2v) is 6.46. The lowest BCUT2D eigenvalue weighted by Gasteiger charge is -2.11. The van der Waals surface area contributed by atoms with Crippen LogP contribution in [0.25, 0.3) is 11.0 Å². The Balaban J connectivity index is 1.88. The minimum absolute atomic E-state index is 0.136. The Bertz CT molecular complexity index is 1030. The molecule has 3 aromatic rings. The number of ketones is 1. The molecule has 0 amide bonds. The summed E-state index contributed by atoms with van der Waals surface area (Å²) in [7, 11) is 0. The molecule has 0 aliphatic rings. The predicted octanol–water partition coefficient (Wildman–Crippen LogP) is 4.63. The van der Waals surface area contributed by atoms with Crippen LogP contribution in [0.1, 0.15) is 27.0 Å². The molecule has 0 aliphatic heterocycles. The summed E-state index contributed by atoms with van der Waals surface area (Å²) in [6.45, 7) is 5.47. The van der Waals surface area contributed by atoms with Crippen molar-refractivity contribution in [2.45, 2.75) is 20.8 Å². The summed E-state index contributed by atoms with van der Waals surface area (Å²) >= 11 is 6.24. The normalized spacial score (nSPS) is 10.9. The minimum Gasteiger partial charge on any atom is -0.484 e. The topological polar surface area (TPSA) is 56.5 Å². The Morgan fingerprint density at radius 2 is 1.84 bits per heavy atom. The molecule has 0 atom stereocenters. The van der Waals surface area contributed by atoms with Gasteiger partial charge in [-0.1, -0.05) is 29.3 Å². The number of hydrogen-bond acceptors (Lipinski definition) is 4. The first kappa shape index (κ1) is 17.2. The van der Waals surface area contributed by atoms with E-state index >= 15 is 0 Å². The fourth-order valence-electron chi connectivity index (χ4n) is 2.69. The van der Waals surface area contributed by atoms with Gasteiger partial charge in [0.2, 0.25) is 0 Å². The largest absolute Gasteiger partial charge is 0.484 e. The van der Waals surface area contributed by atoms with E-state index in [9.17, 15) is 9.59 Å². The van der Waals surface area contributed by atoms with Crippen LogP contribution in [0.4, 0.5) is 0 Å². The van der Waals surface area contributed by atoms with Crippen LogP contribution in [0.3, 0.4) is 0 Å². The molecule has 3 rings (SSSR count). The Labute approximate surface area is 150 Å². The van der Waals surface area contributed by atoms with Gasteiger partial charge < -0.3 is 9.15 Å². The number of ether oxygens (including phenoxy) is 1. The zero-order valence-corrected chi connectivity index (χ0v) is 14.9. The Kier molecular flexibility index (Phi) is 4.64. The van der Waals surface area contributed by atoms with Crippen molar-refractivity contribution in [2.75, 3.05) is 6.61 Å². The molecule has 0 unspecified atom stereocenters. The van der Waals surface area contributed by atoms with Gasteiger partial charge >= 0.3 is 5.63 Å². The lowest BCUT2D eigenvalue weighted by atomic mass is 10.0. The third-order valence-electron chi connectivity index (χ3n) is 4.06. The number of halogens is 1. The molecular formula is C20H17ClO4. The standard InChI is InChI=1S/C20H17ClO4/c1-11-4-5-12(2)14(6-11)17(22)10-24-19-9-18-15(8-16(19)21)13(3)7-20(23)25-18/h4-9H,10H2,1-3H3. The molecule has 5 heteroatoms. The maximum Gasteiger partial charge on any atom is 0.336 e. The average molecular weight is 357 g/mol. The zero-order chi connectivity index (χ0) is 18.1. The predicted molar refractivity (Wildman–Crippen MR) is 98.0 cm³/mol. The molecule has 1 aromatic heterocycles. The number of Topliss-reactive ketones (excluding diaryl/α,β-unsaturated/α-hetero) is 1. The summed E-state index contributed by atoms with van der Waals surface area (Å²) < 4.78 is 10.8. The maximum absolute atomic E-state index is 12.4. The van der Waals surface area contributed by atoms with Crippen molar-refractivity contribution in [3.05, 3.63) is 74.1 Å². The third kappa shape index (κ3) is 3.59. The van der Waals surface area contributed by atoms with Gasteiger partial charge in [-0.05, 0) is 44.0 Å². The van der Waals surface area contributed by atoms with Crippen molar-refractivity contribution < 1.29 is 13.9 Å². The van der Waals surface area contributed by atoms with Gasteiger partial charge in [-0.25, -0.2) is 4.79 Å². The Morgan fingerprint density at radius 3 is 2.60 bits per heavy atom. The zero-order valence-electron chi connectivity index (χ0n) is 14.2. The highest BCUT2D eigenvalue weighted by Crippen LogP contribution is 2.31. The van der Waals surface area contributed by atoms with Gasteiger partial charge in [0.1, 0.15) is 11.3 Å². The first-order valence-electron chi connectivity index (χ1n) is 7.82. The van der Waals surface area contributed by atoms with E-state index in [2.05, 4.69) is 0 Å². The third-order valence-corrected chi connectivity index (χ3v) is 4.35. The van der Waals surface area contributed by atoms with Gasteiger partial charge in [0.15, 0.2) is 12.4 Å². The summed E-state index contributed by atoms with van der Waals surface area (Å²) in [6, 6.07) is 10.3. The number of hydrogen-bond donors (Lipinski definition) is 0. The second-order valence-electron chi connectivity index (χ2n) is 6.06. The van der Waals surface area contributed by atoms with Crippen molar-refractivity contribution >= 4 is 28.4 Å². The van der Waals surface area contributed by atoms with Crippen molar-refractivity contribution in [1.82, 2.24) is 0 Å². The molecule has 1 heterocycles. The SMILES string of the molecule is Cc1ccc(C)c(C(=O)COc2cc3oc(=O)cc(C)c3cc2Cl)c1. The molecule has 0 fully saturated rings. The van der Waals surface area contributed by atoms with E-state index < -0.39 is 5.63 Å². The molecule has 0 spiro atoms. The van der Waals surface area contributed by atoms with Gasteiger partial charge in [0.05, 0.1) is 5.02 Å². The number of benzene rings is 2. The van der Waals surface area contributed by atoms with E-state index in [-0.39, 0.29) is 12.4 Å². The number of carbonyl (C=O) groups is 1. The van der Waals surface area contributed by atoms with E-state index in [1.54, 1.807) is 19.1 Å². The molecule has 0 aliphatic carbocycles. The van der Waals surface area contributed by atoms with Crippen LogP contribution in [0.2, 0.25) is 5.02 Å². The van der Waals surface area contributed by atoms with Crippen LogP contribution in [-0.4, -0.2) is 12.4 Å². The summed E-state index contributed by atoms with van der Waals surface area (Å²) in [5, 5.41) is 1.09. The lowest BCUT2D eigenvalue weighted by Crippen LogP contribution is -2.13. The van der Waals surface area contributed by atoms with E-state index in [0.717, 1.165) is 22.1 Å². The lowest BCUT2D eigenvalue weighted by molar-refractivity contribution is 0.0921. The Hall–Kier alpha value is -2.59. The molecule has 25 heavy (non-hydrogen) atoms. The van der Waals surface area contributed by atoms with Crippen LogP contribution < -0.4 is 10.4 Å². The summed E-state index contributed by atoms with van der Waals surface area (Å²) in [6.07, 6.45) is 0. The number of rotatable bonds is 4. The summed E-state index contributed by atoms with van der Waals surface area (Å²) in [5.74, 6) is 0.171. The van der Waals surface area contributed by atoms with Crippen molar-refractivity contribution in [1.29, 1.82) is 0 Å². The number of carbonyl (C=O) groups excluding carboxylic acids is 1. The van der Waals surface area contributed by atoms with Gasteiger partial charge in [-0.2, -0.15) is 0 Å². The minimum atomic E-state index is -0.440. The van der Waals surface area contributed by atoms with Crippen molar-refractivity contribution in [3.63, 3.8) is 0 Å². The van der Waals surface area contributed by atoms with Crippen molar-refractivity contribution in [3.8, 4) is 5.75 Å². The van der Waals surface area contributed by atoms with Crippen LogP contribution >= 0.6 is 11.6 Å². The highest BCUT2D eigenvalue weighted by atomic mass is 35.5. The summed E-state index contributed by atoms with van der Waals surface area (Å²) in [4.78, 5) is 24.0.